The highest BCUT2D eigenvalue weighted by molar-refractivity contribution is 5.76. The molecule has 0 rings (SSSR count). The summed E-state index contributed by atoms with van der Waals surface area (Å²) in [7, 11) is 1.45. The smallest absolute Gasteiger partial charge is 0.312 e. The summed E-state index contributed by atoms with van der Waals surface area (Å²) in [6, 6.07) is 0. The summed E-state index contributed by atoms with van der Waals surface area (Å²) in [5, 5.41) is 0. The minimum atomic E-state index is -0.418. The molecule has 0 aliphatic rings. The molecule has 0 bridgehead atoms. The first-order chi connectivity index (χ1) is 7.37. The first kappa shape index (κ1) is 15.4. The van der Waals surface area contributed by atoms with Crippen molar-refractivity contribution in [3.8, 4) is 0 Å². The number of ether oxygens (including phenoxy) is 1. The predicted molar refractivity (Wildman–Crippen MR) is 67.4 cm³/mol. The maximum absolute atomic E-state index is 11.6. The van der Waals surface area contributed by atoms with Crippen LogP contribution in [0.25, 0.3) is 0 Å². The Hall–Kier alpha value is -0.570. The van der Waals surface area contributed by atoms with E-state index in [1.165, 1.54) is 13.5 Å². The second-order valence-corrected chi connectivity index (χ2v) is 5.22. The van der Waals surface area contributed by atoms with Crippen molar-refractivity contribution < 1.29 is 9.53 Å². The molecule has 0 aliphatic heterocycles. The lowest BCUT2D eigenvalue weighted by molar-refractivity contribution is -0.151. The maximum atomic E-state index is 11.6. The Kier molecular flexibility index (Phi) is 6.65. The number of carbonyl (C=O) groups is 1. The van der Waals surface area contributed by atoms with Crippen LogP contribution in [0.3, 0.4) is 0 Å². The van der Waals surface area contributed by atoms with Gasteiger partial charge >= 0.3 is 5.97 Å². The van der Waals surface area contributed by atoms with Gasteiger partial charge < -0.3 is 9.64 Å². The molecule has 0 saturated heterocycles. The molecule has 0 aliphatic carbocycles. The largest absolute Gasteiger partial charge is 0.469 e. The van der Waals surface area contributed by atoms with Gasteiger partial charge in [-0.25, -0.2) is 0 Å². The molecule has 0 aromatic rings. The van der Waals surface area contributed by atoms with Crippen molar-refractivity contribution in [1.29, 1.82) is 0 Å². The summed E-state index contributed by atoms with van der Waals surface area (Å²) < 4.78 is 4.83. The van der Waals surface area contributed by atoms with Gasteiger partial charge in [0, 0.05) is 13.1 Å². The lowest BCUT2D eigenvalue weighted by atomic mass is 9.92. The molecule has 1 atom stereocenters. The van der Waals surface area contributed by atoms with E-state index in [0.29, 0.717) is 5.92 Å². The van der Waals surface area contributed by atoms with Gasteiger partial charge in [-0.05, 0) is 26.3 Å². The lowest BCUT2D eigenvalue weighted by Gasteiger charge is -2.31. The van der Waals surface area contributed by atoms with E-state index in [1.807, 2.05) is 13.8 Å². The Labute approximate surface area is 100 Å². The lowest BCUT2D eigenvalue weighted by Crippen LogP contribution is -2.41. The van der Waals surface area contributed by atoms with Gasteiger partial charge in [-0.1, -0.05) is 27.2 Å². The van der Waals surface area contributed by atoms with Crippen LogP contribution in [0.1, 0.15) is 41.0 Å². The molecule has 0 heterocycles. The van der Waals surface area contributed by atoms with Crippen LogP contribution >= 0.6 is 0 Å². The zero-order chi connectivity index (χ0) is 12.8. The highest BCUT2D eigenvalue weighted by atomic mass is 16.5. The fraction of sp³-hybridized carbons (Fsp3) is 0.923. The maximum Gasteiger partial charge on any atom is 0.312 e. The second-order valence-electron chi connectivity index (χ2n) is 5.22. The normalized spacial score (nSPS) is 13.9. The van der Waals surface area contributed by atoms with Gasteiger partial charge in [-0.2, -0.15) is 0 Å². The van der Waals surface area contributed by atoms with Crippen LogP contribution in [0.2, 0.25) is 0 Å². The van der Waals surface area contributed by atoms with Gasteiger partial charge in [0.15, 0.2) is 0 Å². The Morgan fingerprint density at radius 2 is 1.94 bits per heavy atom. The van der Waals surface area contributed by atoms with Crippen molar-refractivity contribution in [3.63, 3.8) is 0 Å². The van der Waals surface area contributed by atoms with Crippen LogP contribution in [0.4, 0.5) is 0 Å². The monoisotopic (exact) mass is 229 g/mol. The van der Waals surface area contributed by atoms with Crippen LogP contribution in [-0.4, -0.2) is 37.6 Å². The summed E-state index contributed by atoms with van der Waals surface area (Å²) in [6.07, 6.45) is 1.18. The van der Waals surface area contributed by atoms with Crippen LogP contribution in [0, 0.1) is 11.3 Å². The number of methoxy groups -OCH3 is 1. The van der Waals surface area contributed by atoms with Crippen molar-refractivity contribution in [2.24, 2.45) is 11.3 Å². The van der Waals surface area contributed by atoms with Crippen LogP contribution in [0.15, 0.2) is 0 Å². The fourth-order valence-corrected chi connectivity index (χ4v) is 1.78. The molecule has 0 aromatic heterocycles. The molecular formula is C13H27NO2. The molecule has 0 N–H and O–H groups in total. The highest BCUT2D eigenvalue weighted by Crippen LogP contribution is 2.19. The van der Waals surface area contributed by atoms with Gasteiger partial charge in [0.1, 0.15) is 0 Å². The topological polar surface area (TPSA) is 29.5 Å². The van der Waals surface area contributed by atoms with Crippen LogP contribution < -0.4 is 0 Å². The number of rotatable bonds is 7. The molecule has 0 radical (unpaired) electrons. The Morgan fingerprint density at radius 3 is 2.31 bits per heavy atom. The molecule has 0 amide bonds. The van der Waals surface area contributed by atoms with Crippen molar-refractivity contribution in [3.05, 3.63) is 0 Å². The summed E-state index contributed by atoms with van der Waals surface area (Å²) >= 11 is 0. The first-order valence-electron chi connectivity index (χ1n) is 6.18. The molecule has 96 valence electrons. The number of nitrogens with zero attached hydrogens (tertiary/aromatic N) is 1. The third-order valence-electron chi connectivity index (χ3n) is 3.07. The Morgan fingerprint density at radius 1 is 1.38 bits per heavy atom. The summed E-state index contributed by atoms with van der Waals surface area (Å²) in [5.41, 5.74) is -0.418. The average molecular weight is 229 g/mol. The summed E-state index contributed by atoms with van der Waals surface area (Å²) in [6.45, 7) is 13.3. The molecule has 0 spiro atoms. The first-order valence-corrected chi connectivity index (χ1v) is 6.18. The summed E-state index contributed by atoms with van der Waals surface area (Å²) in [4.78, 5) is 13.9. The molecule has 3 heteroatoms. The molecule has 3 nitrogen and oxygen atoms in total. The van der Waals surface area contributed by atoms with Crippen molar-refractivity contribution in [1.82, 2.24) is 4.90 Å². The molecule has 0 aromatic carbocycles. The van der Waals surface area contributed by atoms with E-state index < -0.39 is 5.41 Å². The minimum Gasteiger partial charge on any atom is -0.469 e. The van der Waals surface area contributed by atoms with Gasteiger partial charge in [-0.15, -0.1) is 0 Å². The fourth-order valence-electron chi connectivity index (χ4n) is 1.78. The second kappa shape index (κ2) is 6.89. The third-order valence-corrected chi connectivity index (χ3v) is 3.07. The van der Waals surface area contributed by atoms with Crippen molar-refractivity contribution in [2.45, 2.75) is 41.0 Å². The Balaban J connectivity index is 4.35. The van der Waals surface area contributed by atoms with E-state index in [0.717, 1.165) is 19.6 Å². The Bertz CT molecular complexity index is 214. The average Bonchev–Trinajstić information content (AvgIpc) is 2.26. The van der Waals surface area contributed by atoms with Gasteiger partial charge in [0.05, 0.1) is 12.5 Å². The summed E-state index contributed by atoms with van der Waals surface area (Å²) in [5.74, 6) is 0.545. The van der Waals surface area contributed by atoms with Crippen molar-refractivity contribution >= 4 is 5.97 Å². The zero-order valence-electron chi connectivity index (χ0n) is 11.7. The number of carbonyl (C=O) groups excluding carboxylic acids is 1. The van der Waals surface area contributed by atoms with Crippen LogP contribution in [0.5, 0.6) is 0 Å². The number of hydrogen-bond acceptors (Lipinski definition) is 3. The number of hydrogen-bond donors (Lipinski definition) is 0. The van der Waals surface area contributed by atoms with E-state index in [-0.39, 0.29) is 5.97 Å². The van der Waals surface area contributed by atoms with E-state index in [1.54, 1.807) is 0 Å². The molecule has 0 saturated carbocycles. The van der Waals surface area contributed by atoms with Gasteiger partial charge in [0.25, 0.3) is 0 Å². The standard InChI is InChI=1S/C13H27NO2/c1-7-11(3)9-14(8-2)10-13(4,5)12(15)16-6/h11H,7-10H2,1-6H3. The number of esters is 1. The SMILES string of the molecule is CCC(C)CN(CC)CC(C)(C)C(=O)OC. The molecule has 1 unspecified atom stereocenters. The molecule has 16 heavy (non-hydrogen) atoms. The quantitative estimate of drug-likeness (QED) is 0.628. The zero-order valence-corrected chi connectivity index (χ0v) is 11.7. The van der Waals surface area contributed by atoms with E-state index >= 15 is 0 Å². The van der Waals surface area contributed by atoms with Crippen LogP contribution in [-0.2, 0) is 9.53 Å². The molecular weight excluding hydrogens is 202 g/mol. The van der Waals surface area contributed by atoms with Gasteiger partial charge in [0.2, 0.25) is 0 Å². The van der Waals surface area contributed by atoms with Crippen molar-refractivity contribution in [2.75, 3.05) is 26.7 Å². The minimum absolute atomic E-state index is 0.130. The van der Waals surface area contributed by atoms with E-state index in [2.05, 4.69) is 25.7 Å². The third kappa shape index (κ3) is 4.97. The predicted octanol–water partition coefficient (Wildman–Crippen LogP) is 2.55. The van der Waals surface area contributed by atoms with E-state index in [9.17, 15) is 4.79 Å². The van der Waals surface area contributed by atoms with Gasteiger partial charge in [-0.3, -0.25) is 4.79 Å². The molecule has 0 fully saturated rings. The highest BCUT2D eigenvalue weighted by Gasteiger charge is 2.30. The van der Waals surface area contributed by atoms with E-state index in [4.69, 9.17) is 4.74 Å².